The molecule has 0 rings (SSSR count). The van der Waals surface area contributed by atoms with Gasteiger partial charge in [-0.1, -0.05) is 98.1 Å². The molecule has 0 aliphatic heterocycles. The molecule has 2 heteroatoms. The van der Waals surface area contributed by atoms with Crippen LogP contribution in [0.4, 0.5) is 0 Å². The fourth-order valence-electron chi connectivity index (χ4n) is 1.71. The summed E-state index contributed by atoms with van der Waals surface area (Å²) in [5.74, 6) is 1.81. The summed E-state index contributed by atoms with van der Waals surface area (Å²) in [6, 6.07) is 0. The van der Waals surface area contributed by atoms with Crippen molar-refractivity contribution in [3.8, 4) is 0 Å². The molecule has 0 aromatic carbocycles. The van der Waals surface area contributed by atoms with Gasteiger partial charge in [-0.3, -0.25) is 0 Å². The van der Waals surface area contributed by atoms with E-state index in [-0.39, 0.29) is 0 Å². The van der Waals surface area contributed by atoms with E-state index in [1.165, 1.54) is 62.0 Å². The van der Waals surface area contributed by atoms with Crippen molar-refractivity contribution in [2.45, 2.75) is 79.1 Å². The van der Waals surface area contributed by atoms with E-state index in [0.29, 0.717) is 0 Å². The van der Waals surface area contributed by atoms with Gasteiger partial charge in [0.25, 0.3) is 0 Å². The highest BCUT2D eigenvalue weighted by Crippen LogP contribution is 2.14. The zero-order chi connectivity index (χ0) is 14.2. The lowest BCUT2D eigenvalue weighted by atomic mass is 10.0. The fraction of sp³-hybridized carbons (Fsp3) is 1.00. The van der Waals surface area contributed by atoms with Crippen LogP contribution in [-0.2, 0) is 0 Å². The lowest BCUT2D eigenvalue weighted by Crippen LogP contribution is -1.98. The Bertz CT molecular complexity index is 131. The Morgan fingerprint density at radius 2 is 1.50 bits per heavy atom. The van der Waals surface area contributed by atoms with E-state index in [2.05, 4.69) is 59.6 Å². The topological polar surface area (TPSA) is 0 Å². The van der Waals surface area contributed by atoms with Crippen molar-refractivity contribution >= 4 is 31.9 Å². The maximum Gasteiger partial charge on any atom is 0.00595 e. The average molecular weight is 386 g/mol. The van der Waals surface area contributed by atoms with Gasteiger partial charge in [0.15, 0.2) is 0 Å². The Labute approximate surface area is 133 Å². The first-order valence-corrected chi connectivity index (χ1v) is 9.98. The number of alkyl halides is 2. The minimum Gasteiger partial charge on any atom is -0.0928 e. The maximum atomic E-state index is 3.51. The van der Waals surface area contributed by atoms with Crippen LogP contribution in [0.3, 0.4) is 0 Å². The van der Waals surface area contributed by atoms with Crippen molar-refractivity contribution in [3.63, 3.8) is 0 Å². The third kappa shape index (κ3) is 19.3. The third-order valence-electron chi connectivity index (χ3n) is 3.18. The molecule has 0 amide bonds. The molecule has 0 spiro atoms. The van der Waals surface area contributed by atoms with Gasteiger partial charge in [-0.05, 0) is 24.7 Å². The predicted molar refractivity (Wildman–Crippen MR) is 94.2 cm³/mol. The van der Waals surface area contributed by atoms with Gasteiger partial charge in [-0.25, -0.2) is 0 Å². The molecule has 0 aliphatic carbocycles. The van der Waals surface area contributed by atoms with Crippen molar-refractivity contribution in [1.29, 1.82) is 0 Å². The molecule has 0 bridgehead atoms. The molecule has 18 heavy (non-hydrogen) atoms. The molecule has 1 atom stereocenters. The SMILES string of the molecule is CC(C)CCCCCBr.CCCCC(CC)CBr. The summed E-state index contributed by atoms with van der Waals surface area (Å²) in [6.45, 7) is 9.09. The Balaban J connectivity index is 0. The summed E-state index contributed by atoms with van der Waals surface area (Å²) < 4.78 is 0. The van der Waals surface area contributed by atoms with Crippen LogP contribution < -0.4 is 0 Å². The Morgan fingerprint density at radius 1 is 0.833 bits per heavy atom. The molecular weight excluding hydrogens is 352 g/mol. The number of rotatable bonds is 10. The first-order valence-electron chi connectivity index (χ1n) is 7.74. The van der Waals surface area contributed by atoms with Gasteiger partial charge in [-0.2, -0.15) is 0 Å². The summed E-state index contributed by atoms with van der Waals surface area (Å²) in [7, 11) is 0. The third-order valence-corrected chi connectivity index (χ3v) is 4.65. The van der Waals surface area contributed by atoms with E-state index in [1.807, 2.05) is 0 Å². The normalized spacial score (nSPS) is 12.2. The number of hydrogen-bond acceptors (Lipinski definition) is 0. The molecule has 0 saturated heterocycles. The lowest BCUT2D eigenvalue weighted by Gasteiger charge is -2.08. The number of unbranched alkanes of at least 4 members (excludes halogenated alkanes) is 3. The molecular formula is C16H34Br2. The molecule has 0 saturated carbocycles. The molecule has 0 N–H and O–H groups in total. The molecule has 1 unspecified atom stereocenters. The fourth-order valence-corrected chi connectivity index (χ4v) is 2.89. The van der Waals surface area contributed by atoms with Gasteiger partial charge in [0.2, 0.25) is 0 Å². The van der Waals surface area contributed by atoms with Crippen LogP contribution in [0.15, 0.2) is 0 Å². The van der Waals surface area contributed by atoms with E-state index in [1.54, 1.807) is 0 Å². The highest BCUT2D eigenvalue weighted by atomic mass is 79.9. The zero-order valence-corrected chi connectivity index (χ0v) is 16.2. The molecule has 0 aromatic rings. The standard InChI is InChI=1S/2C8H17Br/c1-8(2)6-4-3-5-7-9;1-3-5-6-8(4-2)7-9/h2*8H,3-7H2,1-2H3. The largest absolute Gasteiger partial charge is 0.0928 e. The van der Waals surface area contributed by atoms with Crippen molar-refractivity contribution in [2.24, 2.45) is 11.8 Å². The first kappa shape index (κ1) is 21.3. The molecule has 0 radical (unpaired) electrons. The highest BCUT2D eigenvalue weighted by molar-refractivity contribution is 9.09. The predicted octanol–water partition coefficient (Wildman–Crippen LogP) is 7.20. The molecule has 0 nitrogen and oxygen atoms in total. The van der Waals surface area contributed by atoms with E-state index < -0.39 is 0 Å². The van der Waals surface area contributed by atoms with Crippen molar-refractivity contribution in [1.82, 2.24) is 0 Å². The van der Waals surface area contributed by atoms with Gasteiger partial charge < -0.3 is 0 Å². The van der Waals surface area contributed by atoms with Crippen LogP contribution in [-0.4, -0.2) is 10.7 Å². The Kier molecular flexibility index (Phi) is 21.2. The molecule has 112 valence electrons. The zero-order valence-electron chi connectivity index (χ0n) is 13.0. The average Bonchev–Trinajstić information content (AvgIpc) is 2.37. The Morgan fingerprint density at radius 3 is 1.89 bits per heavy atom. The summed E-state index contributed by atoms with van der Waals surface area (Å²) in [5, 5.41) is 2.36. The quantitative estimate of drug-likeness (QED) is 0.275. The van der Waals surface area contributed by atoms with Crippen LogP contribution in [0.5, 0.6) is 0 Å². The van der Waals surface area contributed by atoms with Crippen molar-refractivity contribution in [3.05, 3.63) is 0 Å². The van der Waals surface area contributed by atoms with Gasteiger partial charge in [0.1, 0.15) is 0 Å². The first-order chi connectivity index (χ1) is 8.62. The minimum absolute atomic E-state index is 0.889. The van der Waals surface area contributed by atoms with Crippen LogP contribution >= 0.6 is 31.9 Å². The second kappa shape index (κ2) is 18.0. The maximum absolute atomic E-state index is 3.51. The monoisotopic (exact) mass is 384 g/mol. The van der Waals surface area contributed by atoms with Crippen molar-refractivity contribution < 1.29 is 0 Å². The minimum atomic E-state index is 0.889. The summed E-state index contributed by atoms with van der Waals surface area (Å²) in [4.78, 5) is 0. The lowest BCUT2D eigenvalue weighted by molar-refractivity contribution is 0.502. The van der Waals surface area contributed by atoms with Gasteiger partial charge in [0, 0.05) is 10.7 Å². The second-order valence-corrected chi connectivity index (χ2v) is 6.94. The number of hydrogen-bond donors (Lipinski definition) is 0. The van der Waals surface area contributed by atoms with E-state index in [0.717, 1.165) is 11.8 Å². The van der Waals surface area contributed by atoms with Crippen molar-refractivity contribution in [2.75, 3.05) is 10.7 Å². The highest BCUT2D eigenvalue weighted by Gasteiger charge is 2.01. The molecule has 0 aliphatic rings. The van der Waals surface area contributed by atoms with Crippen LogP contribution in [0.2, 0.25) is 0 Å². The van der Waals surface area contributed by atoms with Crippen LogP contribution in [0.1, 0.15) is 79.1 Å². The van der Waals surface area contributed by atoms with E-state index in [9.17, 15) is 0 Å². The van der Waals surface area contributed by atoms with Gasteiger partial charge in [0.05, 0.1) is 0 Å². The summed E-state index contributed by atoms with van der Waals surface area (Å²) >= 11 is 6.92. The molecule has 0 heterocycles. The Hall–Kier alpha value is 0.960. The summed E-state index contributed by atoms with van der Waals surface area (Å²) in [5.41, 5.74) is 0. The van der Waals surface area contributed by atoms with Crippen LogP contribution in [0, 0.1) is 11.8 Å². The molecule has 0 fully saturated rings. The molecule has 0 aromatic heterocycles. The van der Waals surface area contributed by atoms with Gasteiger partial charge >= 0.3 is 0 Å². The smallest absolute Gasteiger partial charge is 0.00595 e. The second-order valence-electron chi connectivity index (χ2n) is 5.50. The summed E-state index contributed by atoms with van der Waals surface area (Å²) in [6.07, 6.45) is 11.0. The van der Waals surface area contributed by atoms with E-state index >= 15 is 0 Å². The van der Waals surface area contributed by atoms with Crippen LogP contribution in [0.25, 0.3) is 0 Å². The number of halogens is 2. The van der Waals surface area contributed by atoms with E-state index in [4.69, 9.17) is 0 Å². The van der Waals surface area contributed by atoms with Gasteiger partial charge in [-0.15, -0.1) is 0 Å².